The van der Waals surface area contributed by atoms with E-state index in [0.717, 1.165) is 0 Å². The smallest absolute Gasteiger partial charge is 0 e. The Kier molecular flexibility index (Phi) is 5790. The number of hydrogen-bond donors (Lipinski definition) is 0. The first kappa shape index (κ1) is 817. The predicted octanol–water partition coefficient (Wildman–Crippen LogP) is 0. The summed E-state index contributed by atoms with van der Waals surface area (Å²) in [6.07, 6.45) is 0. The summed E-state index contributed by atoms with van der Waals surface area (Å²) in [5.74, 6) is 0. The molecule has 0 spiro atoms. The molecule has 114 radical (unpaired) electrons. The van der Waals surface area contributed by atoms with E-state index in [-0.39, 0.29) is 4400 Å². The maximum absolute atomic E-state index is 0. The average Bonchev–Trinajstić information content (AvgIpc) is 0. The molecule has 0 aromatic heterocycles. The Balaban J connectivity index is 0. The van der Waals surface area contributed by atoms with Crippen LogP contribution in [0.15, 0.2) is 0 Å². The van der Waals surface area contributed by atoms with Gasteiger partial charge in [-0.2, -0.15) is 0 Å². The van der Waals surface area contributed by atoms with Gasteiger partial charge in [0.05, 0.1) is 0 Å². The molecule has 0 saturated heterocycles. The van der Waals surface area contributed by atoms with Crippen molar-refractivity contribution in [3.63, 3.8) is 0 Å². The largest absolute Gasteiger partial charge is 0 e. The topological polar surface area (TPSA) is 0 Å². The Morgan fingerprint density at radius 2 is 0.00877 bits per heavy atom. The maximum atomic E-state index is 0. The summed E-state index contributed by atoms with van der Waals surface area (Å²) in [4.78, 5) is 0. The van der Waals surface area contributed by atoms with Crippen molar-refractivity contribution < 1.29 is 4400 Å². The van der Waals surface area contributed by atoms with Crippen LogP contribution in [0.4, 0.5) is 0 Å². The Morgan fingerprint density at radius 1 is 0.00877 bits per heavy atom. The van der Waals surface area contributed by atoms with Crippen molar-refractivity contribution in [2.75, 3.05) is 0 Å². The van der Waals surface area contributed by atoms with Crippen LogP contribution in [0, 0.1) is 4400 Å². The van der Waals surface area contributed by atoms with E-state index in [1.54, 1.807) is 0 Å². The molecule has 0 saturated carbocycles. The zero-order valence-electron chi connectivity index (χ0n) is 38.0. The molecule has 0 amide bonds. The van der Waals surface area contributed by atoms with E-state index < -0.39 is 0 Å². The molecule has 0 rings (SSSR count). The van der Waals surface area contributed by atoms with Gasteiger partial charge in [-0.1, -0.05) is 0 Å². The van der Waals surface area contributed by atoms with Gasteiger partial charge in [-0.25, -0.2) is 0 Å². The van der Waals surface area contributed by atoms with Crippen LogP contribution in [-0.2, 0) is 0 Å². The van der Waals surface area contributed by atoms with Crippen LogP contribution in [0.2, 0.25) is 0 Å². The summed E-state index contributed by atoms with van der Waals surface area (Å²) in [7, 11) is 0. The van der Waals surface area contributed by atoms with Crippen LogP contribution in [-0.4, -0.2) is 0 Å². The molecular formula is Tb114. The van der Waals surface area contributed by atoms with Crippen molar-refractivity contribution in [3.8, 4) is 0 Å². The van der Waals surface area contributed by atoms with Gasteiger partial charge in [-0.3, -0.25) is 0 Å². The third kappa shape index (κ3) is 799. The van der Waals surface area contributed by atoms with E-state index in [1.807, 2.05) is 0 Å². The molecule has 0 aliphatic carbocycles. The predicted molar refractivity (Wildman–Crippen MR) is 0 cm³/mol. The fourth-order valence-corrected chi connectivity index (χ4v) is 0. The van der Waals surface area contributed by atoms with E-state index in [0.29, 0.717) is 0 Å². The van der Waals surface area contributed by atoms with Gasteiger partial charge in [0.15, 0.2) is 0 Å². The fourth-order valence-electron chi connectivity index (χ4n) is 0. The van der Waals surface area contributed by atoms with Gasteiger partial charge in [0, 0.05) is 4400 Å². The summed E-state index contributed by atoms with van der Waals surface area (Å²) >= 11 is 0. The molecule has 1026 valence electrons. The molecular weight excluding hydrogens is 18100 g/mol. The van der Waals surface area contributed by atoms with Gasteiger partial charge in [-0.15, -0.1) is 0 Å². The molecule has 0 N–H and O–H groups in total. The normalized spacial score (nSPS) is 0. The zero-order chi connectivity index (χ0) is 0. The monoisotopic (exact) mass is 18100 g/mol. The second-order valence-corrected chi connectivity index (χ2v) is 0. The van der Waals surface area contributed by atoms with Gasteiger partial charge < -0.3 is 0 Å². The van der Waals surface area contributed by atoms with E-state index >= 15 is 0 Å². The van der Waals surface area contributed by atoms with Gasteiger partial charge >= 0.3 is 0 Å². The van der Waals surface area contributed by atoms with Crippen molar-refractivity contribution in [3.05, 3.63) is 0 Å². The van der Waals surface area contributed by atoms with Crippen molar-refractivity contribution in [1.29, 1.82) is 0 Å². The van der Waals surface area contributed by atoms with Crippen LogP contribution in [0.5, 0.6) is 0 Å². The van der Waals surface area contributed by atoms with Crippen molar-refractivity contribution in [1.82, 2.24) is 0 Å². The van der Waals surface area contributed by atoms with Gasteiger partial charge in [0.2, 0.25) is 0 Å². The van der Waals surface area contributed by atoms with E-state index in [1.165, 1.54) is 0 Å². The minimum Gasteiger partial charge on any atom is 0 e. The molecule has 0 heterocycles. The Morgan fingerprint density at radius 3 is 0.00877 bits per heavy atom. The quantitative estimate of drug-likeness (QED) is 0.321. The summed E-state index contributed by atoms with van der Waals surface area (Å²) < 4.78 is 0. The van der Waals surface area contributed by atoms with E-state index in [4.69, 9.17) is 0 Å². The third-order valence-corrected chi connectivity index (χ3v) is 0. The molecule has 0 aliphatic rings. The van der Waals surface area contributed by atoms with Crippen LogP contribution in [0.3, 0.4) is 0 Å². The summed E-state index contributed by atoms with van der Waals surface area (Å²) in [5.41, 5.74) is 0. The van der Waals surface area contributed by atoms with Gasteiger partial charge in [0.1, 0.15) is 0 Å². The molecule has 114 heavy (non-hydrogen) atoms. The van der Waals surface area contributed by atoms with Crippen molar-refractivity contribution >= 4 is 0 Å². The fraction of sp³-hybridized carbons (Fsp3) is 0. The zero-order valence-corrected chi connectivity index (χ0v) is 282. The Bertz CT molecular complexity index is 0. The first-order valence-corrected chi connectivity index (χ1v) is 0. The molecule has 0 fully saturated rings. The maximum Gasteiger partial charge on any atom is 0 e. The minimum absolute atomic E-state index is 0. The first-order valence-electron chi connectivity index (χ1n) is 0. The average molecular weight is 18100 g/mol. The third-order valence-electron chi connectivity index (χ3n) is 0. The number of rotatable bonds is 0. The summed E-state index contributed by atoms with van der Waals surface area (Å²) in [5, 5.41) is 0. The van der Waals surface area contributed by atoms with E-state index in [9.17, 15) is 0 Å². The standard InChI is InChI=1S/114Tb. The molecule has 0 aliphatic heterocycles. The Labute approximate surface area is 4210 Å². The second-order valence-electron chi connectivity index (χ2n) is 0. The SMILES string of the molecule is [Tb].[Tb].[Tb].[Tb].[Tb].[Tb].[Tb].[Tb].[Tb].[Tb].[Tb].[Tb].[Tb].[Tb].[Tb].[Tb].[Tb].[Tb].[Tb].[Tb].[Tb].[Tb].[Tb].[Tb].[Tb].[Tb].[Tb].[Tb].[Tb].[Tb].[Tb].[Tb].[Tb].[Tb].[Tb].[Tb].[Tb].[Tb].[Tb].[Tb].[Tb].[Tb].[Tb].[Tb].[Tb].[Tb].[Tb].[Tb].[Tb].[Tb].[Tb].[Tb].[Tb].[Tb].[Tb].[Tb].[Tb].[Tb].[Tb].[Tb].[Tb].[Tb].[Tb].[Tb].[Tb].[Tb].[Tb].[Tb].[Tb].[Tb].[Tb].[Tb].[Tb].[Tb].[Tb].[Tb].[Tb].[Tb].[Tb].[Tb].[Tb].[Tb].[Tb].[Tb].[Tb].[Tb].[Tb].[Tb].[Tb].[Tb].[Tb].[Tb].[Tb].[Tb].[Tb].[Tb].[Tb].[Tb].[Tb].[Tb].[Tb].[Tb].[Tb].[Tb].[Tb].[Tb].[Tb].[Tb].[Tb].[Tb].[Tb].[Tb].[Tb].[Tb]. The van der Waals surface area contributed by atoms with Crippen molar-refractivity contribution in [2.24, 2.45) is 0 Å². The molecule has 0 bridgehead atoms. The summed E-state index contributed by atoms with van der Waals surface area (Å²) in [6, 6.07) is 0. The van der Waals surface area contributed by atoms with Crippen LogP contribution < -0.4 is 0 Å². The molecule has 0 unspecified atom stereocenters. The molecule has 0 atom stereocenters. The Hall–Kier alpha value is 147. The van der Waals surface area contributed by atoms with Gasteiger partial charge in [-0.05, 0) is 0 Å². The molecule has 0 nitrogen and oxygen atoms in total. The second kappa shape index (κ2) is 808. The first-order chi connectivity index (χ1) is 0. The molecule has 114 heteroatoms. The molecule has 0 aromatic carbocycles. The van der Waals surface area contributed by atoms with Crippen molar-refractivity contribution in [2.45, 2.75) is 0 Å². The van der Waals surface area contributed by atoms with Crippen LogP contribution in [0.1, 0.15) is 0 Å². The minimum atomic E-state index is 0. The van der Waals surface area contributed by atoms with E-state index in [2.05, 4.69) is 0 Å². The van der Waals surface area contributed by atoms with Gasteiger partial charge in [0.25, 0.3) is 0 Å². The summed E-state index contributed by atoms with van der Waals surface area (Å²) in [6.45, 7) is 0. The van der Waals surface area contributed by atoms with Crippen LogP contribution in [0.25, 0.3) is 0 Å². The van der Waals surface area contributed by atoms with Crippen LogP contribution >= 0.6 is 0 Å². The number of hydrogen-bond acceptors (Lipinski definition) is 0. The molecule has 0 aromatic rings.